The second-order valence-corrected chi connectivity index (χ2v) is 5.22. The lowest BCUT2D eigenvalue weighted by Crippen LogP contribution is -2.19. The largest absolute Gasteiger partial charge is 0.496 e. The SMILES string of the molecule is COC(=O)CC(CC(=O)OC)CC(=O)OC.COc1ccccc1CN. The van der Waals surface area contributed by atoms with Crippen molar-refractivity contribution in [1.29, 1.82) is 0 Å². The topological polar surface area (TPSA) is 114 Å². The Morgan fingerprint density at radius 1 is 0.846 bits per heavy atom. The van der Waals surface area contributed by atoms with Crippen LogP contribution in [0.4, 0.5) is 0 Å². The summed E-state index contributed by atoms with van der Waals surface area (Å²) in [6, 6.07) is 7.74. The van der Waals surface area contributed by atoms with Crippen LogP contribution in [0.1, 0.15) is 24.8 Å². The minimum absolute atomic E-state index is 0.0132. The number of esters is 3. The van der Waals surface area contributed by atoms with E-state index in [1.165, 1.54) is 21.3 Å². The predicted octanol–water partition coefficient (Wildman–Crippen LogP) is 1.45. The van der Waals surface area contributed by atoms with Crippen molar-refractivity contribution < 1.29 is 33.3 Å². The van der Waals surface area contributed by atoms with Crippen LogP contribution in [0.3, 0.4) is 0 Å². The maximum absolute atomic E-state index is 11.0. The number of ether oxygens (including phenoxy) is 4. The number of para-hydroxylation sites is 1. The van der Waals surface area contributed by atoms with Gasteiger partial charge in [0.05, 0.1) is 28.4 Å². The Hall–Kier alpha value is -2.61. The van der Waals surface area contributed by atoms with E-state index in [9.17, 15) is 14.4 Å². The first-order valence-corrected chi connectivity index (χ1v) is 7.94. The van der Waals surface area contributed by atoms with Gasteiger partial charge >= 0.3 is 17.9 Å². The summed E-state index contributed by atoms with van der Waals surface area (Å²) in [6.45, 7) is 0.532. The summed E-state index contributed by atoms with van der Waals surface area (Å²) in [7, 11) is 5.38. The molecule has 0 fully saturated rings. The fourth-order valence-corrected chi connectivity index (χ4v) is 2.05. The molecule has 0 saturated heterocycles. The quantitative estimate of drug-likeness (QED) is 0.541. The number of nitrogens with two attached hydrogens (primary N) is 1. The second kappa shape index (κ2) is 13.7. The normalized spacial score (nSPS) is 9.62. The van der Waals surface area contributed by atoms with E-state index in [1.807, 2.05) is 24.3 Å². The molecule has 0 unspecified atom stereocenters. The number of hydrogen-bond donors (Lipinski definition) is 1. The van der Waals surface area contributed by atoms with Gasteiger partial charge in [0.15, 0.2) is 0 Å². The molecular formula is C18H27NO7. The highest BCUT2D eigenvalue weighted by Gasteiger charge is 2.21. The summed E-state index contributed by atoms with van der Waals surface area (Å²) in [5.41, 5.74) is 6.49. The smallest absolute Gasteiger partial charge is 0.305 e. The molecule has 0 amide bonds. The van der Waals surface area contributed by atoms with Gasteiger partial charge in [0.2, 0.25) is 0 Å². The highest BCUT2D eigenvalue weighted by atomic mass is 16.5. The number of benzene rings is 1. The molecule has 1 rings (SSSR count). The van der Waals surface area contributed by atoms with E-state index in [4.69, 9.17) is 10.5 Å². The molecule has 8 heteroatoms. The molecule has 1 aromatic rings. The van der Waals surface area contributed by atoms with Crippen LogP contribution in [0.5, 0.6) is 5.75 Å². The first kappa shape index (κ1) is 23.4. The van der Waals surface area contributed by atoms with E-state index in [-0.39, 0.29) is 19.3 Å². The van der Waals surface area contributed by atoms with Gasteiger partial charge in [0, 0.05) is 31.4 Å². The van der Waals surface area contributed by atoms with E-state index < -0.39 is 23.8 Å². The van der Waals surface area contributed by atoms with Crippen molar-refractivity contribution in [2.75, 3.05) is 28.4 Å². The lowest BCUT2D eigenvalue weighted by atomic mass is 9.98. The first-order valence-electron chi connectivity index (χ1n) is 7.94. The van der Waals surface area contributed by atoms with Crippen LogP contribution in [0.2, 0.25) is 0 Å². The molecule has 26 heavy (non-hydrogen) atoms. The van der Waals surface area contributed by atoms with Gasteiger partial charge in [-0.25, -0.2) is 0 Å². The second-order valence-electron chi connectivity index (χ2n) is 5.22. The van der Waals surface area contributed by atoms with Crippen molar-refractivity contribution in [2.45, 2.75) is 25.8 Å². The Morgan fingerprint density at radius 2 is 1.27 bits per heavy atom. The van der Waals surface area contributed by atoms with Crippen LogP contribution >= 0.6 is 0 Å². The predicted molar refractivity (Wildman–Crippen MR) is 94.3 cm³/mol. The number of carbonyl (C=O) groups is 3. The molecule has 146 valence electrons. The lowest BCUT2D eigenvalue weighted by molar-refractivity contribution is -0.146. The van der Waals surface area contributed by atoms with Crippen LogP contribution in [0.25, 0.3) is 0 Å². The molecule has 1 aromatic carbocycles. The molecule has 0 atom stereocenters. The van der Waals surface area contributed by atoms with Crippen LogP contribution in [0, 0.1) is 5.92 Å². The monoisotopic (exact) mass is 369 g/mol. The zero-order valence-electron chi connectivity index (χ0n) is 15.7. The third-order valence-corrected chi connectivity index (χ3v) is 3.46. The molecule has 0 bridgehead atoms. The Balaban J connectivity index is 0.000000531. The maximum atomic E-state index is 11.0. The van der Waals surface area contributed by atoms with Gasteiger partial charge in [0.25, 0.3) is 0 Å². The van der Waals surface area contributed by atoms with Crippen molar-refractivity contribution in [3.8, 4) is 5.75 Å². The summed E-state index contributed by atoms with van der Waals surface area (Å²) >= 11 is 0. The maximum Gasteiger partial charge on any atom is 0.305 e. The van der Waals surface area contributed by atoms with Crippen LogP contribution < -0.4 is 10.5 Å². The highest BCUT2D eigenvalue weighted by Crippen LogP contribution is 2.16. The molecule has 0 spiro atoms. The summed E-state index contributed by atoms with van der Waals surface area (Å²) in [5.74, 6) is -1.01. The molecule has 0 aromatic heterocycles. The van der Waals surface area contributed by atoms with Crippen molar-refractivity contribution in [1.82, 2.24) is 0 Å². The van der Waals surface area contributed by atoms with Crippen LogP contribution in [-0.2, 0) is 35.1 Å². The summed E-state index contributed by atoms with van der Waals surface area (Å²) in [4.78, 5) is 33.1. The van der Waals surface area contributed by atoms with Gasteiger partial charge in [-0.2, -0.15) is 0 Å². The molecule has 0 aliphatic heterocycles. The first-order chi connectivity index (χ1) is 12.4. The van der Waals surface area contributed by atoms with E-state index in [0.29, 0.717) is 6.54 Å². The standard InChI is InChI=1S/C10H16O6.C8H11NO/c1-14-8(11)4-7(5-9(12)15-2)6-10(13)16-3;1-10-8-5-3-2-4-7(8)6-9/h7H,4-6H2,1-3H3;2-5H,6,9H2,1H3. The van der Waals surface area contributed by atoms with E-state index in [2.05, 4.69) is 14.2 Å². The summed E-state index contributed by atoms with van der Waals surface area (Å²) in [6.07, 6.45) is -0.0396. The minimum Gasteiger partial charge on any atom is -0.496 e. The van der Waals surface area contributed by atoms with Crippen LogP contribution in [0.15, 0.2) is 24.3 Å². The third kappa shape index (κ3) is 9.63. The number of hydrogen-bond acceptors (Lipinski definition) is 8. The Kier molecular flexibility index (Phi) is 12.3. The van der Waals surface area contributed by atoms with Crippen molar-refractivity contribution in [3.63, 3.8) is 0 Å². The van der Waals surface area contributed by atoms with Gasteiger partial charge < -0.3 is 24.7 Å². The Bertz CT molecular complexity index is 509. The van der Waals surface area contributed by atoms with Gasteiger partial charge in [0.1, 0.15) is 5.75 Å². The van der Waals surface area contributed by atoms with Crippen molar-refractivity contribution in [3.05, 3.63) is 29.8 Å². The van der Waals surface area contributed by atoms with Crippen molar-refractivity contribution in [2.24, 2.45) is 11.7 Å². The average molecular weight is 369 g/mol. The van der Waals surface area contributed by atoms with E-state index in [0.717, 1.165) is 11.3 Å². The van der Waals surface area contributed by atoms with Crippen molar-refractivity contribution >= 4 is 17.9 Å². The number of carbonyl (C=O) groups excluding carboxylic acids is 3. The zero-order valence-corrected chi connectivity index (χ0v) is 15.7. The molecule has 2 N–H and O–H groups in total. The van der Waals surface area contributed by atoms with Crippen LogP contribution in [-0.4, -0.2) is 46.3 Å². The van der Waals surface area contributed by atoms with E-state index in [1.54, 1.807) is 7.11 Å². The Morgan fingerprint density at radius 3 is 1.58 bits per heavy atom. The molecule has 0 aliphatic rings. The van der Waals surface area contributed by atoms with Gasteiger partial charge in [-0.1, -0.05) is 18.2 Å². The van der Waals surface area contributed by atoms with Gasteiger partial charge in [-0.15, -0.1) is 0 Å². The third-order valence-electron chi connectivity index (χ3n) is 3.46. The lowest BCUT2D eigenvalue weighted by Gasteiger charge is -2.12. The molecule has 0 aliphatic carbocycles. The summed E-state index contributed by atoms with van der Waals surface area (Å²) < 4.78 is 18.5. The Labute approximate surface area is 153 Å². The molecule has 0 saturated carbocycles. The zero-order chi connectivity index (χ0) is 19.9. The molecule has 0 heterocycles. The average Bonchev–Trinajstić information content (AvgIpc) is 2.67. The fraction of sp³-hybridized carbons (Fsp3) is 0.500. The fourth-order valence-electron chi connectivity index (χ4n) is 2.05. The van der Waals surface area contributed by atoms with Gasteiger partial charge in [-0.3, -0.25) is 14.4 Å². The van der Waals surface area contributed by atoms with E-state index >= 15 is 0 Å². The number of methoxy groups -OCH3 is 4. The highest BCUT2D eigenvalue weighted by molar-refractivity contribution is 5.76. The number of rotatable bonds is 8. The molecule has 8 nitrogen and oxygen atoms in total. The molecular weight excluding hydrogens is 342 g/mol. The minimum atomic E-state index is -0.474. The summed E-state index contributed by atoms with van der Waals surface area (Å²) in [5, 5.41) is 0. The van der Waals surface area contributed by atoms with Gasteiger partial charge in [-0.05, 0) is 12.0 Å². The molecule has 0 radical (unpaired) electrons.